The van der Waals surface area contributed by atoms with Gasteiger partial charge in [0, 0.05) is 13.3 Å². The van der Waals surface area contributed by atoms with E-state index in [1.807, 2.05) is 0 Å². The molecular weight excluding hydrogens is 242 g/mol. The zero-order valence-electron chi connectivity index (χ0n) is 9.60. The SMILES string of the molecule is CNNC(=O)C(N)c1ccc(S(C)(=O)=O)cc1. The van der Waals surface area contributed by atoms with E-state index >= 15 is 0 Å². The first-order valence-electron chi connectivity index (χ1n) is 4.88. The molecule has 17 heavy (non-hydrogen) atoms. The lowest BCUT2D eigenvalue weighted by Crippen LogP contribution is -2.40. The number of sulfone groups is 1. The van der Waals surface area contributed by atoms with E-state index in [-0.39, 0.29) is 10.8 Å². The number of hydrazine groups is 1. The lowest BCUT2D eigenvalue weighted by molar-refractivity contribution is -0.123. The van der Waals surface area contributed by atoms with Crippen LogP contribution in [0.2, 0.25) is 0 Å². The van der Waals surface area contributed by atoms with Crippen LogP contribution in [-0.2, 0) is 14.6 Å². The molecule has 94 valence electrons. The predicted molar refractivity (Wildman–Crippen MR) is 63.7 cm³/mol. The zero-order valence-corrected chi connectivity index (χ0v) is 10.4. The van der Waals surface area contributed by atoms with Gasteiger partial charge in [-0.15, -0.1) is 0 Å². The van der Waals surface area contributed by atoms with Crippen LogP contribution in [0, 0.1) is 0 Å². The molecule has 0 aromatic heterocycles. The monoisotopic (exact) mass is 257 g/mol. The van der Waals surface area contributed by atoms with E-state index in [9.17, 15) is 13.2 Å². The fourth-order valence-corrected chi connectivity index (χ4v) is 1.91. The second-order valence-corrected chi connectivity index (χ2v) is 5.57. The molecule has 7 heteroatoms. The minimum absolute atomic E-state index is 0.197. The summed E-state index contributed by atoms with van der Waals surface area (Å²) in [6.45, 7) is 0. The maximum atomic E-state index is 11.4. The third-order valence-electron chi connectivity index (χ3n) is 2.20. The molecule has 0 aliphatic rings. The summed E-state index contributed by atoms with van der Waals surface area (Å²) < 4.78 is 22.5. The van der Waals surface area contributed by atoms with Crippen molar-refractivity contribution in [3.8, 4) is 0 Å². The second kappa shape index (κ2) is 5.26. The van der Waals surface area contributed by atoms with Crippen molar-refractivity contribution in [3.63, 3.8) is 0 Å². The Bertz CT molecular complexity index is 496. The molecular formula is C10H15N3O3S. The lowest BCUT2D eigenvalue weighted by Gasteiger charge is -2.12. The quantitative estimate of drug-likeness (QED) is 0.622. The van der Waals surface area contributed by atoms with Crippen LogP contribution < -0.4 is 16.6 Å². The van der Waals surface area contributed by atoms with Crippen LogP contribution in [0.25, 0.3) is 0 Å². The van der Waals surface area contributed by atoms with Crippen molar-refractivity contribution in [2.45, 2.75) is 10.9 Å². The summed E-state index contributed by atoms with van der Waals surface area (Å²) in [6, 6.07) is 5.07. The Hall–Kier alpha value is -1.44. The van der Waals surface area contributed by atoms with E-state index in [0.29, 0.717) is 5.56 Å². The first-order valence-corrected chi connectivity index (χ1v) is 6.77. The average Bonchev–Trinajstić information content (AvgIpc) is 2.27. The van der Waals surface area contributed by atoms with E-state index < -0.39 is 15.9 Å². The number of nitrogens with two attached hydrogens (primary N) is 1. The molecule has 0 heterocycles. The molecule has 0 bridgehead atoms. The van der Waals surface area contributed by atoms with Crippen LogP contribution in [0.15, 0.2) is 29.2 Å². The molecule has 6 nitrogen and oxygen atoms in total. The molecule has 0 saturated heterocycles. The van der Waals surface area contributed by atoms with Crippen molar-refractivity contribution >= 4 is 15.7 Å². The van der Waals surface area contributed by atoms with Gasteiger partial charge in [-0.2, -0.15) is 0 Å². The minimum atomic E-state index is -3.23. The van der Waals surface area contributed by atoms with Crippen molar-refractivity contribution in [2.24, 2.45) is 5.73 Å². The number of rotatable bonds is 4. The number of amides is 1. The van der Waals surface area contributed by atoms with Crippen molar-refractivity contribution < 1.29 is 13.2 Å². The highest BCUT2D eigenvalue weighted by molar-refractivity contribution is 7.90. The minimum Gasteiger partial charge on any atom is -0.316 e. The molecule has 1 aromatic carbocycles. The lowest BCUT2D eigenvalue weighted by atomic mass is 10.1. The highest BCUT2D eigenvalue weighted by atomic mass is 32.2. The van der Waals surface area contributed by atoms with Gasteiger partial charge in [0.1, 0.15) is 6.04 Å². The molecule has 1 aromatic rings. The third-order valence-corrected chi connectivity index (χ3v) is 3.33. The maximum absolute atomic E-state index is 11.4. The topological polar surface area (TPSA) is 101 Å². The van der Waals surface area contributed by atoms with Gasteiger partial charge in [0.15, 0.2) is 9.84 Å². The number of nitrogens with one attached hydrogen (secondary N) is 2. The molecule has 0 radical (unpaired) electrons. The highest BCUT2D eigenvalue weighted by Gasteiger charge is 2.15. The van der Waals surface area contributed by atoms with Crippen molar-refractivity contribution in [2.75, 3.05) is 13.3 Å². The summed E-state index contributed by atoms with van der Waals surface area (Å²) in [5.74, 6) is -0.389. The van der Waals surface area contributed by atoms with Gasteiger partial charge >= 0.3 is 0 Å². The Morgan fingerprint density at radius 1 is 1.29 bits per heavy atom. The van der Waals surface area contributed by atoms with Crippen LogP contribution in [0.4, 0.5) is 0 Å². The van der Waals surface area contributed by atoms with Crippen LogP contribution >= 0.6 is 0 Å². The summed E-state index contributed by atoms with van der Waals surface area (Å²) in [4.78, 5) is 11.6. The molecule has 1 unspecified atom stereocenters. The van der Waals surface area contributed by atoms with Gasteiger partial charge in [-0.25, -0.2) is 13.8 Å². The average molecular weight is 257 g/mol. The summed E-state index contributed by atoms with van der Waals surface area (Å²) in [7, 11) is -1.68. The Balaban J connectivity index is 2.92. The zero-order chi connectivity index (χ0) is 13.1. The smallest absolute Gasteiger partial charge is 0.255 e. The van der Waals surface area contributed by atoms with Gasteiger partial charge in [0.2, 0.25) is 0 Å². The standard InChI is InChI=1S/C10H15N3O3S/c1-12-13-10(14)9(11)7-3-5-8(6-4-7)17(2,15)16/h3-6,9,12H,11H2,1-2H3,(H,13,14). The van der Waals surface area contributed by atoms with Gasteiger partial charge in [0.05, 0.1) is 4.90 Å². The van der Waals surface area contributed by atoms with Crippen LogP contribution in [0.5, 0.6) is 0 Å². The fraction of sp³-hybridized carbons (Fsp3) is 0.300. The van der Waals surface area contributed by atoms with Crippen molar-refractivity contribution in [3.05, 3.63) is 29.8 Å². The molecule has 0 fully saturated rings. The molecule has 0 spiro atoms. The van der Waals surface area contributed by atoms with E-state index in [0.717, 1.165) is 6.26 Å². The first kappa shape index (κ1) is 13.6. The predicted octanol–water partition coefficient (Wildman–Crippen LogP) is -0.659. The summed E-state index contributed by atoms with van der Waals surface area (Å²) in [5, 5.41) is 0. The third kappa shape index (κ3) is 3.52. The molecule has 1 rings (SSSR count). The summed E-state index contributed by atoms with van der Waals surface area (Å²) in [5.41, 5.74) is 11.1. The molecule has 4 N–H and O–H groups in total. The van der Waals surface area contributed by atoms with E-state index in [4.69, 9.17) is 5.73 Å². The fourth-order valence-electron chi connectivity index (χ4n) is 1.27. The van der Waals surface area contributed by atoms with E-state index in [1.165, 1.54) is 24.3 Å². The van der Waals surface area contributed by atoms with Crippen LogP contribution in [0.3, 0.4) is 0 Å². The van der Waals surface area contributed by atoms with Crippen LogP contribution in [0.1, 0.15) is 11.6 Å². The molecule has 1 atom stereocenters. The Morgan fingerprint density at radius 2 is 1.82 bits per heavy atom. The second-order valence-electron chi connectivity index (χ2n) is 3.56. The molecule has 0 aliphatic carbocycles. The number of benzene rings is 1. The number of hydrogen-bond acceptors (Lipinski definition) is 5. The molecule has 0 aliphatic heterocycles. The van der Waals surface area contributed by atoms with Gasteiger partial charge in [-0.1, -0.05) is 12.1 Å². The summed E-state index contributed by atoms with van der Waals surface area (Å²) in [6.07, 6.45) is 1.12. The molecule has 1 amide bonds. The molecule has 0 saturated carbocycles. The van der Waals surface area contributed by atoms with Crippen LogP contribution in [-0.4, -0.2) is 27.6 Å². The van der Waals surface area contributed by atoms with Gasteiger partial charge in [-0.3, -0.25) is 10.2 Å². The Labute approximate surface area is 100 Å². The van der Waals surface area contributed by atoms with Crippen molar-refractivity contribution in [1.29, 1.82) is 0 Å². The number of carbonyl (C=O) groups excluding carboxylic acids is 1. The van der Waals surface area contributed by atoms with Gasteiger partial charge in [-0.05, 0) is 17.7 Å². The Kier molecular flexibility index (Phi) is 4.22. The van der Waals surface area contributed by atoms with E-state index in [1.54, 1.807) is 7.05 Å². The number of carbonyl (C=O) groups is 1. The van der Waals surface area contributed by atoms with Crippen molar-refractivity contribution in [1.82, 2.24) is 10.9 Å². The normalized spacial score (nSPS) is 13.1. The largest absolute Gasteiger partial charge is 0.316 e. The van der Waals surface area contributed by atoms with Gasteiger partial charge < -0.3 is 5.73 Å². The van der Waals surface area contributed by atoms with Gasteiger partial charge in [0.25, 0.3) is 5.91 Å². The maximum Gasteiger partial charge on any atom is 0.255 e. The Morgan fingerprint density at radius 3 is 2.24 bits per heavy atom. The first-order chi connectivity index (χ1) is 7.86. The highest BCUT2D eigenvalue weighted by Crippen LogP contribution is 2.14. The van der Waals surface area contributed by atoms with E-state index in [2.05, 4.69) is 10.9 Å². The summed E-state index contributed by atoms with van der Waals surface area (Å²) >= 11 is 0. The number of hydrogen-bond donors (Lipinski definition) is 3.